The highest BCUT2D eigenvalue weighted by molar-refractivity contribution is 5.31. The minimum absolute atomic E-state index is 0.263. The number of rotatable bonds is 4. The minimum Gasteiger partial charge on any atom is -0.488 e. The van der Waals surface area contributed by atoms with Crippen LogP contribution >= 0.6 is 0 Å². The van der Waals surface area contributed by atoms with Crippen LogP contribution in [0.4, 0.5) is 8.78 Å². The largest absolute Gasteiger partial charge is 0.488 e. The molecule has 0 aromatic heterocycles. The van der Waals surface area contributed by atoms with Crippen LogP contribution in [0.5, 0.6) is 5.75 Å². The molecule has 1 heterocycles. The first kappa shape index (κ1) is 13.3. The third kappa shape index (κ3) is 3.19. The van der Waals surface area contributed by atoms with Crippen molar-refractivity contribution in [1.29, 1.82) is 0 Å². The molecule has 1 aromatic rings. The molecule has 0 N–H and O–H groups in total. The minimum atomic E-state index is -0.608. The highest BCUT2D eigenvalue weighted by Gasteiger charge is 2.15. The van der Waals surface area contributed by atoms with Crippen LogP contribution in [0.25, 0.3) is 0 Å². The monoisotopic (exact) mass is 255 g/mol. The first-order chi connectivity index (χ1) is 8.70. The standard InChI is InChI=1S/C14H19F2NO/c1-2-18-14-12(15)8-11(9-13(14)16)10-17-6-4-3-5-7-17/h8-9H,2-7,10H2,1H3. The molecule has 1 aliphatic heterocycles. The summed E-state index contributed by atoms with van der Waals surface area (Å²) >= 11 is 0. The van der Waals surface area contributed by atoms with Crippen LogP contribution in [-0.2, 0) is 6.54 Å². The quantitative estimate of drug-likeness (QED) is 0.818. The highest BCUT2D eigenvalue weighted by Crippen LogP contribution is 2.24. The van der Waals surface area contributed by atoms with Crippen LogP contribution < -0.4 is 4.74 Å². The maximum absolute atomic E-state index is 13.7. The fraction of sp³-hybridized carbons (Fsp3) is 0.571. The molecule has 1 fully saturated rings. The summed E-state index contributed by atoms with van der Waals surface area (Å²) in [5, 5.41) is 0. The van der Waals surface area contributed by atoms with Crippen molar-refractivity contribution in [3.63, 3.8) is 0 Å². The van der Waals surface area contributed by atoms with Gasteiger partial charge in [-0.3, -0.25) is 4.90 Å². The summed E-state index contributed by atoms with van der Waals surface area (Å²) in [5.41, 5.74) is 0.676. The van der Waals surface area contributed by atoms with Gasteiger partial charge in [0.15, 0.2) is 17.4 Å². The maximum atomic E-state index is 13.7. The molecule has 0 atom stereocenters. The second kappa shape index (κ2) is 6.14. The molecule has 100 valence electrons. The summed E-state index contributed by atoms with van der Waals surface area (Å²) in [6.07, 6.45) is 3.59. The van der Waals surface area contributed by atoms with E-state index in [0.29, 0.717) is 12.1 Å². The molecule has 0 spiro atoms. The Balaban J connectivity index is 2.09. The van der Waals surface area contributed by atoms with Crippen LogP contribution in [0, 0.1) is 11.6 Å². The maximum Gasteiger partial charge on any atom is 0.190 e. The number of nitrogens with zero attached hydrogens (tertiary/aromatic N) is 1. The number of likely N-dealkylation sites (tertiary alicyclic amines) is 1. The molecular weight excluding hydrogens is 236 g/mol. The Labute approximate surface area is 107 Å². The lowest BCUT2D eigenvalue weighted by molar-refractivity contribution is 0.220. The van der Waals surface area contributed by atoms with Crippen LogP contribution in [0.1, 0.15) is 31.7 Å². The van der Waals surface area contributed by atoms with E-state index in [-0.39, 0.29) is 12.4 Å². The van der Waals surface area contributed by atoms with Gasteiger partial charge in [-0.1, -0.05) is 6.42 Å². The van der Waals surface area contributed by atoms with Gasteiger partial charge >= 0.3 is 0 Å². The van der Waals surface area contributed by atoms with Crippen molar-refractivity contribution in [2.45, 2.75) is 32.7 Å². The topological polar surface area (TPSA) is 12.5 Å². The van der Waals surface area contributed by atoms with Crippen molar-refractivity contribution >= 4 is 0 Å². The van der Waals surface area contributed by atoms with Gasteiger partial charge in [0, 0.05) is 6.54 Å². The molecule has 0 bridgehead atoms. The average Bonchev–Trinajstić information content (AvgIpc) is 2.35. The van der Waals surface area contributed by atoms with Crippen LogP contribution in [0.2, 0.25) is 0 Å². The lowest BCUT2D eigenvalue weighted by Gasteiger charge is -2.26. The summed E-state index contributed by atoms with van der Waals surface area (Å²) in [5.74, 6) is -1.48. The SMILES string of the molecule is CCOc1c(F)cc(CN2CCCCC2)cc1F. The van der Waals surface area contributed by atoms with E-state index in [0.717, 1.165) is 13.1 Å². The van der Waals surface area contributed by atoms with E-state index >= 15 is 0 Å². The Morgan fingerprint density at radius 3 is 2.28 bits per heavy atom. The van der Waals surface area contributed by atoms with E-state index in [1.807, 2.05) is 0 Å². The van der Waals surface area contributed by atoms with E-state index in [2.05, 4.69) is 4.90 Å². The van der Waals surface area contributed by atoms with Crippen LogP contribution in [-0.4, -0.2) is 24.6 Å². The molecule has 0 unspecified atom stereocenters. The van der Waals surface area contributed by atoms with Crippen molar-refractivity contribution in [3.05, 3.63) is 29.3 Å². The summed E-state index contributed by atoms with van der Waals surface area (Å²) in [7, 11) is 0. The summed E-state index contributed by atoms with van der Waals surface area (Å²) in [4.78, 5) is 2.23. The van der Waals surface area contributed by atoms with E-state index in [9.17, 15) is 8.78 Å². The van der Waals surface area contributed by atoms with Gasteiger partial charge in [0.05, 0.1) is 6.61 Å². The Morgan fingerprint density at radius 2 is 1.72 bits per heavy atom. The highest BCUT2D eigenvalue weighted by atomic mass is 19.1. The predicted molar refractivity (Wildman–Crippen MR) is 66.7 cm³/mol. The Hall–Kier alpha value is -1.16. The van der Waals surface area contributed by atoms with Gasteiger partial charge in [-0.15, -0.1) is 0 Å². The number of benzene rings is 1. The average molecular weight is 255 g/mol. The normalized spacial score (nSPS) is 16.8. The van der Waals surface area contributed by atoms with Crippen molar-refractivity contribution in [1.82, 2.24) is 4.90 Å². The van der Waals surface area contributed by atoms with Crippen molar-refractivity contribution in [2.75, 3.05) is 19.7 Å². The lowest BCUT2D eigenvalue weighted by Crippen LogP contribution is -2.29. The van der Waals surface area contributed by atoms with E-state index < -0.39 is 11.6 Å². The Bertz CT molecular complexity index is 380. The second-order valence-corrected chi connectivity index (χ2v) is 4.66. The van der Waals surface area contributed by atoms with Gasteiger partial charge in [-0.25, -0.2) is 8.78 Å². The second-order valence-electron chi connectivity index (χ2n) is 4.66. The van der Waals surface area contributed by atoms with Gasteiger partial charge in [-0.2, -0.15) is 0 Å². The van der Waals surface area contributed by atoms with Crippen molar-refractivity contribution < 1.29 is 13.5 Å². The molecule has 0 radical (unpaired) electrons. The van der Waals surface area contributed by atoms with Crippen molar-refractivity contribution in [3.8, 4) is 5.75 Å². The van der Waals surface area contributed by atoms with Gasteiger partial charge in [0.2, 0.25) is 0 Å². The molecule has 1 saturated heterocycles. The number of piperidine rings is 1. The lowest BCUT2D eigenvalue weighted by atomic mass is 10.1. The number of halogens is 2. The van der Waals surface area contributed by atoms with Crippen LogP contribution in [0.15, 0.2) is 12.1 Å². The molecule has 0 amide bonds. The van der Waals surface area contributed by atoms with Gasteiger partial charge in [0.1, 0.15) is 0 Å². The molecule has 2 nitrogen and oxygen atoms in total. The van der Waals surface area contributed by atoms with Gasteiger partial charge in [0.25, 0.3) is 0 Å². The molecule has 2 rings (SSSR count). The number of hydrogen-bond acceptors (Lipinski definition) is 2. The third-order valence-electron chi connectivity index (χ3n) is 3.20. The Morgan fingerprint density at radius 1 is 1.11 bits per heavy atom. The summed E-state index contributed by atoms with van der Waals surface area (Å²) < 4.78 is 32.3. The molecule has 1 aliphatic rings. The fourth-order valence-electron chi connectivity index (χ4n) is 2.36. The summed E-state index contributed by atoms with van der Waals surface area (Å²) in [6, 6.07) is 2.76. The zero-order chi connectivity index (χ0) is 13.0. The molecule has 0 saturated carbocycles. The zero-order valence-electron chi connectivity index (χ0n) is 10.7. The number of hydrogen-bond donors (Lipinski definition) is 0. The molecule has 18 heavy (non-hydrogen) atoms. The third-order valence-corrected chi connectivity index (χ3v) is 3.20. The summed E-state index contributed by atoms with van der Waals surface area (Å²) in [6.45, 7) is 4.60. The first-order valence-corrected chi connectivity index (χ1v) is 6.53. The molecule has 0 aliphatic carbocycles. The van der Waals surface area contributed by atoms with E-state index in [1.165, 1.54) is 31.4 Å². The first-order valence-electron chi connectivity index (χ1n) is 6.53. The Kier molecular flexibility index (Phi) is 4.53. The fourth-order valence-corrected chi connectivity index (χ4v) is 2.36. The molecule has 1 aromatic carbocycles. The number of ether oxygens (including phenoxy) is 1. The van der Waals surface area contributed by atoms with E-state index in [1.54, 1.807) is 6.92 Å². The molecule has 4 heteroatoms. The van der Waals surface area contributed by atoms with E-state index in [4.69, 9.17) is 4.74 Å². The predicted octanol–water partition coefficient (Wildman–Crippen LogP) is 3.35. The van der Waals surface area contributed by atoms with Crippen LogP contribution in [0.3, 0.4) is 0 Å². The van der Waals surface area contributed by atoms with Gasteiger partial charge in [-0.05, 0) is 50.6 Å². The van der Waals surface area contributed by atoms with Crippen molar-refractivity contribution in [2.24, 2.45) is 0 Å². The zero-order valence-corrected chi connectivity index (χ0v) is 10.7. The smallest absolute Gasteiger partial charge is 0.190 e. The van der Waals surface area contributed by atoms with Gasteiger partial charge < -0.3 is 4.74 Å². The molecular formula is C14H19F2NO.